The number of piperidine rings is 1. The van der Waals surface area contributed by atoms with Crippen molar-refractivity contribution in [2.45, 2.75) is 65.7 Å². The molecule has 2 aliphatic rings. The molecule has 1 saturated heterocycles. The quantitative estimate of drug-likeness (QED) is 0.744. The van der Waals surface area contributed by atoms with Gasteiger partial charge in [-0.3, -0.25) is 0 Å². The average Bonchev–Trinajstić information content (AvgIpc) is 2.58. The summed E-state index contributed by atoms with van der Waals surface area (Å²) in [5, 5.41) is 0. The Labute approximate surface area is 148 Å². The molecule has 1 saturated carbocycles. The number of ether oxygens (including phenoxy) is 1. The number of rotatable bonds is 3. The first-order valence-corrected chi connectivity index (χ1v) is 9.87. The summed E-state index contributed by atoms with van der Waals surface area (Å²) < 4.78 is 5.68. The van der Waals surface area contributed by atoms with Gasteiger partial charge in [0.05, 0.1) is 12.3 Å². The number of hydrogen-bond donors (Lipinski definition) is 1. The molecule has 0 spiro atoms. The molecule has 1 aliphatic carbocycles. The van der Waals surface area contributed by atoms with Crippen LogP contribution in [-0.4, -0.2) is 19.7 Å². The highest BCUT2D eigenvalue weighted by Gasteiger charge is 2.18. The minimum Gasteiger partial charge on any atom is -0.492 e. The lowest BCUT2D eigenvalue weighted by Crippen LogP contribution is -2.33. The van der Waals surface area contributed by atoms with Gasteiger partial charge in [0, 0.05) is 24.8 Å². The van der Waals surface area contributed by atoms with E-state index < -0.39 is 0 Å². The van der Waals surface area contributed by atoms with Crippen molar-refractivity contribution < 1.29 is 4.74 Å². The molecule has 3 nitrogen and oxygen atoms in total. The number of benzene rings is 1. The highest BCUT2D eigenvalue weighted by atomic mass is 16.5. The van der Waals surface area contributed by atoms with Gasteiger partial charge in [0.25, 0.3) is 0 Å². The molecule has 1 heterocycles. The van der Waals surface area contributed by atoms with Crippen molar-refractivity contribution in [3.05, 3.63) is 18.2 Å². The monoisotopic (exact) mass is 332 g/mol. The third-order valence-electron chi connectivity index (χ3n) is 5.30. The van der Waals surface area contributed by atoms with E-state index in [1.54, 1.807) is 0 Å². The van der Waals surface area contributed by atoms with Crippen LogP contribution in [0, 0.1) is 11.8 Å². The van der Waals surface area contributed by atoms with Crippen LogP contribution < -0.4 is 15.4 Å². The highest BCUT2D eigenvalue weighted by Crippen LogP contribution is 2.33. The molecule has 3 rings (SSSR count). The normalized spacial score (nSPS) is 19.5. The van der Waals surface area contributed by atoms with Crippen molar-refractivity contribution in [2.75, 3.05) is 30.3 Å². The zero-order valence-electron chi connectivity index (χ0n) is 15.9. The Hall–Kier alpha value is -1.38. The van der Waals surface area contributed by atoms with E-state index in [-0.39, 0.29) is 0 Å². The summed E-state index contributed by atoms with van der Waals surface area (Å²) in [5.74, 6) is 2.80. The maximum absolute atomic E-state index is 5.81. The van der Waals surface area contributed by atoms with Gasteiger partial charge in [-0.25, -0.2) is 0 Å². The Morgan fingerprint density at radius 2 is 1.62 bits per heavy atom. The molecule has 1 aromatic rings. The predicted octanol–water partition coefficient (Wildman–Crippen LogP) is 5.49. The van der Waals surface area contributed by atoms with Gasteiger partial charge >= 0.3 is 0 Å². The first-order valence-electron chi connectivity index (χ1n) is 9.87. The van der Waals surface area contributed by atoms with Crippen molar-refractivity contribution in [2.24, 2.45) is 11.8 Å². The summed E-state index contributed by atoms with van der Waals surface area (Å²) in [5.41, 5.74) is 7.77. The van der Waals surface area contributed by atoms with E-state index >= 15 is 0 Å². The highest BCUT2D eigenvalue weighted by molar-refractivity contribution is 5.64. The lowest BCUT2D eigenvalue weighted by atomic mass is 9.91. The summed E-state index contributed by atoms with van der Waals surface area (Å²) in [4.78, 5) is 2.41. The van der Waals surface area contributed by atoms with E-state index in [1.807, 2.05) is 19.1 Å². The van der Waals surface area contributed by atoms with Crippen molar-refractivity contribution in [3.63, 3.8) is 0 Å². The molecule has 0 unspecified atom stereocenters. The largest absolute Gasteiger partial charge is 0.492 e. The second-order valence-electron chi connectivity index (χ2n) is 7.57. The maximum Gasteiger partial charge on any atom is 0.144 e. The minimum atomic E-state index is 0.681. The fourth-order valence-electron chi connectivity index (χ4n) is 3.62. The molecule has 1 aromatic carbocycles. The van der Waals surface area contributed by atoms with E-state index in [4.69, 9.17) is 10.5 Å². The summed E-state index contributed by atoms with van der Waals surface area (Å²) in [6.07, 6.45) is 9.96. The molecule has 0 aromatic heterocycles. The van der Waals surface area contributed by atoms with Gasteiger partial charge < -0.3 is 15.4 Å². The first-order chi connectivity index (χ1) is 11.6. The molecule has 3 heteroatoms. The molecule has 2 fully saturated rings. The van der Waals surface area contributed by atoms with Gasteiger partial charge in [0.1, 0.15) is 5.75 Å². The Kier molecular flexibility index (Phi) is 7.74. The summed E-state index contributed by atoms with van der Waals surface area (Å²) in [6.45, 7) is 9.60. The van der Waals surface area contributed by atoms with Gasteiger partial charge in [-0.2, -0.15) is 0 Å². The molecule has 0 amide bonds. The van der Waals surface area contributed by atoms with Crippen LogP contribution in [0.5, 0.6) is 5.75 Å². The van der Waals surface area contributed by atoms with Crippen molar-refractivity contribution in [1.82, 2.24) is 0 Å². The van der Waals surface area contributed by atoms with Crippen molar-refractivity contribution >= 4 is 11.4 Å². The second-order valence-corrected chi connectivity index (χ2v) is 7.57. The first kappa shape index (κ1) is 19.0. The summed E-state index contributed by atoms with van der Waals surface area (Å²) in [7, 11) is 0. The smallest absolute Gasteiger partial charge is 0.144 e. The number of nitrogens with two attached hydrogens (primary N) is 1. The van der Waals surface area contributed by atoms with Gasteiger partial charge in [-0.05, 0) is 43.7 Å². The fraction of sp³-hybridized carbons (Fsp3) is 0.714. The summed E-state index contributed by atoms with van der Waals surface area (Å²) >= 11 is 0. The third kappa shape index (κ3) is 5.92. The average molecular weight is 333 g/mol. The van der Waals surface area contributed by atoms with E-state index in [9.17, 15) is 0 Å². The molecule has 136 valence electrons. The van der Waals surface area contributed by atoms with Crippen LogP contribution in [0.1, 0.15) is 65.7 Å². The van der Waals surface area contributed by atoms with E-state index in [2.05, 4.69) is 24.8 Å². The van der Waals surface area contributed by atoms with E-state index in [0.29, 0.717) is 6.61 Å². The Bertz CT molecular complexity index is 475. The topological polar surface area (TPSA) is 38.5 Å². The van der Waals surface area contributed by atoms with Crippen LogP contribution in [0.3, 0.4) is 0 Å². The molecular weight excluding hydrogens is 296 g/mol. The van der Waals surface area contributed by atoms with Crippen LogP contribution in [0.2, 0.25) is 0 Å². The van der Waals surface area contributed by atoms with Crippen LogP contribution in [-0.2, 0) is 0 Å². The van der Waals surface area contributed by atoms with Crippen LogP contribution in [0.15, 0.2) is 18.2 Å². The molecule has 0 bridgehead atoms. The van der Waals surface area contributed by atoms with Crippen LogP contribution in [0.25, 0.3) is 0 Å². The van der Waals surface area contributed by atoms with Crippen LogP contribution >= 0.6 is 0 Å². The van der Waals surface area contributed by atoms with E-state index in [1.165, 1.54) is 50.6 Å². The molecular formula is C21H36N2O. The molecule has 2 N–H and O–H groups in total. The van der Waals surface area contributed by atoms with Crippen LogP contribution in [0.4, 0.5) is 11.4 Å². The number of nitrogen functional groups attached to an aromatic ring is 1. The SMILES string of the molecule is CC1CCCCC1.CCOc1cc(N)ccc1N1CCC(C)CC1. The van der Waals surface area contributed by atoms with E-state index in [0.717, 1.165) is 36.4 Å². The standard InChI is InChI=1S/C14H22N2O.C7H14/c1-3-17-14-10-12(15)4-5-13(14)16-8-6-11(2)7-9-16;1-7-5-3-2-4-6-7/h4-5,10-11H,3,6-9,15H2,1-2H3;7H,2-6H2,1H3. The molecule has 24 heavy (non-hydrogen) atoms. The van der Waals surface area contributed by atoms with Gasteiger partial charge in [-0.15, -0.1) is 0 Å². The zero-order valence-corrected chi connectivity index (χ0v) is 15.9. The third-order valence-corrected chi connectivity index (χ3v) is 5.30. The summed E-state index contributed by atoms with van der Waals surface area (Å²) in [6, 6.07) is 5.96. The van der Waals surface area contributed by atoms with Gasteiger partial charge in [0.15, 0.2) is 0 Å². The maximum atomic E-state index is 5.81. The number of anilines is 2. The fourth-order valence-corrected chi connectivity index (χ4v) is 3.62. The Morgan fingerprint density at radius 1 is 1.00 bits per heavy atom. The Balaban J connectivity index is 0.000000249. The Morgan fingerprint density at radius 3 is 2.17 bits per heavy atom. The predicted molar refractivity (Wildman–Crippen MR) is 105 cm³/mol. The second kappa shape index (κ2) is 9.80. The number of hydrogen-bond acceptors (Lipinski definition) is 3. The number of nitrogens with zero attached hydrogens (tertiary/aromatic N) is 1. The lowest BCUT2D eigenvalue weighted by molar-refractivity contribution is 0.338. The van der Waals surface area contributed by atoms with Crippen molar-refractivity contribution in [1.29, 1.82) is 0 Å². The van der Waals surface area contributed by atoms with Gasteiger partial charge in [0.2, 0.25) is 0 Å². The molecule has 0 atom stereocenters. The zero-order chi connectivity index (χ0) is 17.4. The van der Waals surface area contributed by atoms with Gasteiger partial charge in [-0.1, -0.05) is 46.0 Å². The minimum absolute atomic E-state index is 0.681. The lowest BCUT2D eigenvalue weighted by Gasteiger charge is -2.33. The van der Waals surface area contributed by atoms with Crippen molar-refractivity contribution in [3.8, 4) is 5.75 Å². The molecule has 1 aliphatic heterocycles. The molecule has 0 radical (unpaired) electrons.